The Kier molecular flexibility index (Phi) is 8.47. The fourth-order valence-electron chi connectivity index (χ4n) is 12.3. The summed E-state index contributed by atoms with van der Waals surface area (Å²) in [6, 6.07) is 21.5. The first-order chi connectivity index (χ1) is 25.4. The van der Waals surface area contributed by atoms with Crippen LogP contribution in [-0.4, -0.2) is 66.2 Å². The van der Waals surface area contributed by atoms with Crippen molar-refractivity contribution in [3.63, 3.8) is 0 Å². The molecule has 2 N–H and O–H groups in total. The Bertz CT molecular complexity index is 2060. The highest BCUT2D eigenvalue weighted by Gasteiger charge is 2.74. The predicted octanol–water partition coefficient (Wildman–Crippen LogP) is 8.06. The van der Waals surface area contributed by atoms with E-state index in [-0.39, 0.29) is 46.4 Å². The number of hydrogen-bond donors (Lipinski definition) is 2. The van der Waals surface area contributed by atoms with Crippen LogP contribution in [0.5, 0.6) is 0 Å². The number of benzene rings is 2. The van der Waals surface area contributed by atoms with Crippen LogP contribution >= 0.6 is 11.3 Å². The number of ether oxygens (including phenoxy) is 1. The molecule has 53 heavy (non-hydrogen) atoms. The van der Waals surface area contributed by atoms with Crippen LogP contribution in [-0.2, 0) is 14.8 Å². The SMILES string of the molecule is C[C@]12CC[C@H]3[C@]4(C=C[C@@]5(C=C4C(=O)c4ccc(-c6ccccc6)cc4)CC(O)CC[C@]35C)[C@@H]1CC[C@@]2(O)CN(C[C@H]1CCCO1)S(=O)(=O)c1cccs1. The molecule has 2 heterocycles. The van der Waals surface area contributed by atoms with Crippen LogP contribution in [0.2, 0.25) is 0 Å². The summed E-state index contributed by atoms with van der Waals surface area (Å²) in [5, 5.41) is 25.9. The lowest BCUT2D eigenvalue weighted by Crippen LogP contribution is -2.67. The second-order valence-corrected chi connectivity index (χ2v) is 20.6. The van der Waals surface area contributed by atoms with E-state index in [0.29, 0.717) is 31.4 Å². The number of Topliss-reactive ketones (excluding diaryl/α,β-unsaturated/α-hetero) is 1. The molecule has 1 saturated heterocycles. The van der Waals surface area contributed by atoms with Crippen molar-refractivity contribution in [2.24, 2.45) is 33.5 Å². The molecule has 0 amide bonds. The molecule has 6 aliphatic carbocycles. The largest absolute Gasteiger partial charge is 0.393 e. The monoisotopic (exact) mass is 753 g/mol. The van der Waals surface area contributed by atoms with Gasteiger partial charge in [-0.05, 0) is 97.6 Å². The second-order valence-electron chi connectivity index (χ2n) is 17.4. The highest BCUT2D eigenvalue weighted by atomic mass is 32.2. The Labute approximate surface area is 317 Å². The summed E-state index contributed by atoms with van der Waals surface area (Å²) < 4.78 is 36.3. The molecule has 9 heteroatoms. The van der Waals surface area contributed by atoms with Crippen LogP contribution in [0.3, 0.4) is 0 Å². The third-order valence-corrected chi connectivity index (χ3v) is 18.4. The van der Waals surface area contributed by atoms with Gasteiger partial charge in [0.1, 0.15) is 4.21 Å². The molecule has 2 aromatic carbocycles. The molecule has 1 unspecified atom stereocenters. The molecule has 0 radical (unpaired) electrons. The first-order valence-corrected chi connectivity index (χ1v) is 21.9. The normalized spacial score (nSPS) is 38.7. The average Bonchev–Trinajstić information content (AvgIpc) is 3.94. The highest BCUT2D eigenvalue weighted by Crippen LogP contribution is 2.78. The van der Waals surface area contributed by atoms with Gasteiger partial charge in [0.15, 0.2) is 5.78 Å². The maximum atomic E-state index is 15.1. The van der Waals surface area contributed by atoms with Crippen LogP contribution in [0.25, 0.3) is 11.1 Å². The van der Waals surface area contributed by atoms with E-state index in [1.165, 1.54) is 15.6 Å². The first kappa shape index (κ1) is 35.8. The number of thiophene rings is 1. The molecule has 3 aromatic rings. The number of hydrogen-bond acceptors (Lipinski definition) is 7. The van der Waals surface area contributed by atoms with Gasteiger partial charge in [0.05, 0.1) is 17.8 Å². The minimum Gasteiger partial charge on any atom is -0.393 e. The summed E-state index contributed by atoms with van der Waals surface area (Å²) in [6.45, 7) is 5.38. The molecule has 3 saturated carbocycles. The van der Waals surface area contributed by atoms with E-state index in [0.717, 1.165) is 55.2 Å². The van der Waals surface area contributed by atoms with Crippen LogP contribution in [0.4, 0.5) is 0 Å². The molecule has 7 nitrogen and oxygen atoms in total. The molecular weight excluding hydrogens is 703 g/mol. The lowest BCUT2D eigenvalue weighted by atomic mass is 9.32. The Morgan fingerprint density at radius 2 is 1.60 bits per heavy atom. The number of ketones is 1. The number of nitrogens with zero attached hydrogens (tertiary/aromatic N) is 1. The number of sulfonamides is 1. The van der Waals surface area contributed by atoms with Gasteiger partial charge in [-0.1, -0.05) is 92.7 Å². The lowest BCUT2D eigenvalue weighted by molar-refractivity contribution is -0.174. The molecule has 4 fully saturated rings. The van der Waals surface area contributed by atoms with Crippen molar-refractivity contribution in [2.75, 3.05) is 19.7 Å². The summed E-state index contributed by atoms with van der Waals surface area (Å²) in [4.78, 5) is 15.1. The molecule has 280 valence electrons. The van der Waals surface area contributed by atoms with Crippen LogP contribution < -0.4 is 0 Å². The molecule has 2 spiro atoms. The van der Waals surface area contributed by atoms with Gasteiger partial charge in [-0.2, -0.15) is 4.31 Å². The average molecular weight is 754 g/mol. The van der Waals surface area contributed by atoms with Gasteiger partial charge in [-0.3, -0.25) is 4.79 Å². The molecule has 10 rings (SSSR count). The van der Waals surface area contributed by atoms with Crippen molar-refractivity contribution >= 4 is 27.1 Å². The summed E-state index contributed by atoms with van der Waals surface area (Å²) in [5.41, 5.74) is 0.405. The number of rotatable bonds is 9. The fraction of sp³-hybridized carbons (Fsp3) is 0.523. The molecule has 7 aliphatic rings. The topological polar surface area (TPSA) is 104 Å². The van der Waals surface area contributed by atoms with Crippen molar-refractivity contribution < 1.29 is 28.2 Å². The molecule has 1 aromatic heterocycles. The van der Waals surface area contributed by atoms with Gasteiger partial charge < -0.3 is 14.9 Å². The molecule has 9 atom stereocenters. The minimum atomic E-state index is -3.88. The van der Waals surface area contributed by atoms with Gasteiger partial charge >= 0.3 is 0 Å². The van der Waals surface area contributed by atoms with E-state index in [2.05, 4.69) is 44.2 Å². The lowest BCUT2D eigenvalue weighted by Gasteiger charge is -2.71. The predicted molar refractivity (Wildman–Crippen MR) is 207 cm³/mol. The smallest absolute Gasteiger partial charge is 0.252 e. The number of aliphatic hydroxyl groups is 2. The highest BCUT2D eigenvalue weighted by molar-refractivity contribution is 7.91. The zero-order chi connectivity index (χ0) is 36.9. The van der Waals surface area contributed by atoms with Gasteiger partial charge in [0.25, 0.3) is 10.0 Å². The van der Waals surface area contributed by atoms with Crippen LogP contribution in [0.15, 0.2) is 100 Å². The van der Waals surface area contributed by atoms with Crippen molar-refractivity contribution in [2.45, 2.75) is 93.7 Å². The number of allylic oxidation sites excluding steroid dienone is 4. The maximum absolute atomic E-state index is 15.1. The molecular formula is C44H51NO6S2. The second kappa shape index (κ2) is 12.6. The van der Waals surface area contributed by atoms with Gasteiger partial charge in [-0.25, -0.2) is 8.42 Å². The van der Waals surface area contributed by atoms with E-state index in [1.807, 2.05) is 42.5 Å². The Balaban J connectivity index is 1.12. The van der Waals surface area contributed by atoms with Crippen molar-refractivity contribution in [1.29, 1.82) is 0 Å². The minimum absolute atomic E-state index is 0.00804. The van der Waals surface area contributed by atoms with Crippen molar-refractivity contribution in [1.82, 2.24) is 4.31 Å². The zero-order valence-electron chi connectivity index (χ0n) is 30.7. The van der Waals surface area contributed by atoms with E-state index in [1.54, 1.807) is 17.5 Å². The third-order valence-electron chi connectivity index (χ3n) is 15.2. The van der Waals surface area contributed by atoms with Gasteiger partial charge in [0.2, 0.25) is 0 Å². The molecule has 2 bridgehead atoms. The van der Waals surface area contributed by atoms with E-state index in [9.17, 15) is 18.6 Å². The van der Waals surface area contributed by atoms with E-state index < -0.39 is 38.0 Å². The Hall–Kier alpha value is -2.92. The van der Waals surface area contributed by atoms with E-state index in [4.69, 9.17) is 4.74 Å². The number of fused-ring (bicyclic) bond motifs is 1. The number of aliphatic hydroxyl groups excluding tert-OH is 1. The van der Waals surface area contributed by atoms with Gasteiger partial charge in [-0.15, -0.1) is 11.3 Å². The summed E-state index contributed by atoms with van der Waals surface area (Å²) in [7, 11) is -3.88. The quantitative estimate of drug-likeness (QED) is 0.169. The maximum Gasteiger partial charge on any atom is 0.252 e. The summed E-state index contributed by atoms with van der Waals surface area (Å²) in [5.74, 6) is 0.0866. The number of carbonyl (C=O) groups is 1. The molecule has 1 aliphatic heterocycles. The van der Waals surface area contributed by atoms with E-state index >= 15 is 4.79 Å². The summed E-state index contributed by atoms with van der Waals surface area (Å²) in [6.07, 6.45) is 12.8. The first-order valence-electron chi connectivity index (χ1n) is 19.6. The fourth-order valence-corrected chi connectivity index (χ4v) is 15.0. The Morgan fingerprint density at radius 3 is 2.32 bits per heavy atom. The van der Waals surface area contributed by atoms with Crippen molar-refractivity contribution in [3.8, 4) is 11.1 Å². The zero-order valence-corrected chi connectivity index (χ0v) is 32.4. The number of carbonyl (C=O) groups excluding carboxylic acids is 1. The summed E-state index contributed by atoms with van der Waals surface area (Å²) >= 11 is 1.20. The van der Waals surface area contributed by atoms with Gasteiger partial charge in [0, 0.05) is 47.1 Å². The standard InChI is InChI=1S/C44H51NO6S2/c1-40-19-16-33(46)26-42(40)22-23-44(35(27-42)39(47)32-14-12-31(13-15-32)30-8-4-3-5-9-30)36(40)17-20-41(2)37(44)18-21-43(41,48)29-45(28-34-10-6-24-51-34)53(49,50)38-11-7-25-52-38/h3-5,7-9,11-15,22-23,25,27,33-34,36-37,46,48H,6,10,16-21,24,26,28-29H2,1-2H3/t33?,34-,36-,37-,40-,41+,42+,43-,44-/m1/s1. The van der Waals surface area contributed by atoms with Crippen LogP contribution in [0, 0.1) is 33.5 Å². The Morgan fingerprint density at radius 1 is 0.887 bits per heavy atom. The third kappa shape index (κ3) is 5.17. The van der Waals surface area contributed by atoms with Crippen LogP contribution in [0.1, 0.15) is 82.0 Å². The van der Waals surface area contributed by atoms with Crippen molar-refractivity contribution in [3.05, 3.63) is 101 Å².